The van der Waals surface area contributed by atoms with Crippen LogP contribution >= 0.6 is 0 Å². The van der Waals surface area contributed by atoms with E-state index in [2.05, 4.69) is 0 Å². The van der Waals surface area contributed by atoms with Crippen LogP contribution in [0.15, 0.2) is 24.3 Å². The molecule has 0 aliphatic heterocycles. The van der Waals surface area contributed by atoms with Gasteiger partial charge in [-0.2, -0.15) is 0 Å². The largest absolute Gasteiger partial charge is 0.480 e. The van der Waals surface area contributed by atoms with E-state index >= 15 is 0 Å². The molecule has 1 aromatic rings. The van der Waals surface area contributed by atoms with Gasteiger partial charge in [-0.15, -0.1) is 0 Å². The third kappa shape index (κ3) is 4.04. The molecular formula is C13H18N2O4. The summed E-state index contributed by atoms with van der Waals surface area (Å²) in [7, 11) is 1.36. The van der Waals surface area contributed by atoms with Gasteiger partial charge in [0.05, 0.1) is 0 Å². The minimum Gasteiger partial charge on any atom is -0.480 e. The number of methoxy groups -OCH3 is 1. The van der Waals surface area contributed by atoms with Crippen LogP contribution in [0.2, 0.25) is 0 Å². The Morgan fingerprint density at radius 1 is 1.37 bits per heavy atom. The first kappa shape index (κ1) is 15.1. The van der Waals surface area contributed by atoms with Gasteiger partial charge in [-0.3, -0.25) is 14.5 Å². The monoisotopic (exact) mass is 266 g/mol. The number of anilines is 1. The van der Waals surface area contributed by atoms with Crippen molar-refractivity contribution in [2.75, 3.05) is 25.1 Å². The molecule has 0 saturated heterocycles. The quantitative estimate of drug-likeness (QED) is 0.776. The van der Waals surface area contributed by atoms with Gasteiger partial charge in [0, 0.05) is 19.3 Å². The molecule has 0 bridgehead atoms. The number of amides is 1. The van der Waals surface area contributed by atoms with Gasteiger partial charge in [0.2, 0.25) is 0 Å². The number of ether oxygens (including phenoxy) is 1. The molecular weight excluding hydrogens is 248 g/mol. The average Bonchev–Trinajstić information content (AvgIpc) is 2.38. The highest BCUT2D eigenvalue weighted by Gasteiger charge is 2.25. The number of hydrogen-bond acceptors (Lipinski definition) is 4. The zero-order valence-corrected chi connectivity index (χ0v) is 11.0. The molecule has 0 radical (unpaired) electrons. The van der Waals surface area contributed by atoms with Gasteiger partial charge < -0.3 is 15.6 Å². The second kappa shape index (κ2) is 6.86. The highest BCUT2D eigenvalue weighted by molar-refractivity contribution is 6.00. The molecule has 104 valence electrons. The van der Waals surface area contributed by atoms with Crippen molar-refractivity contribution in [3.8, 4) is 0 Å². The number of carbonyl (C=O) groups excluding carboxylic acids is 1. The summed E-state index contributed by atoms with van der Waals surface area (Å²) in [6.45, 7) is 1.48. The lowest BCUT2D eigenvalue weighted by Gasteiger charge is -2.24. The molecule has 6 heteroatoms. The number of benzene rings is 1. The summed E-state index contributed by atoms with van der Waals surface area (Å²) in [5.74, 6) is -1.56. The lowest BCUT2D eigenvalue weighted by Crippen LogP contribution is -2.46. The summed E-state index contributed by atoms with van der Waals surface area (Å²) in [4.78, 5) is 24.2. The van der Waals surface area contributed by atoms with Crippen molar-refractivity contribution in [1.29, 1.82) is 0 Å². The van der Waals surface area contributed by atoms with E-state index in [-0.39, 0.29) is 6.54 Å². The molecule has 0 spiro atoms. The molecule has 6 nitrogen and oxygen atoms in total. The molecule has 19 heavy (non-hydrogen) atoms. The van der Waals surface area contributed by atoms with Crippen LogP contribution in [-0.2, 0) is 14.3 Å². The first-order valence-electron chi connectivity index (χ1n) is 5.82. The fourth-order valence-electron chi connectivity index (χ4n) is 1.63. The Morgan fingerprint density at radius 3 is 2.37 bits per heavy atom. The number of carboxylic acid groups (broad SMARTS) is 1. The molecule has 1 rings (SSSR count). The number of nitrogens with zero attached hydrogens (tertiary/aromatic N) is 1. The Bertz CT molecular complexity index is 440. The van der Waals surface area contributed by atoms with Crippen molar-refractivity contribution in [3.63, 3.8) is 0 Å². The van der Waals surface area contributed by atoms with E-state index in [9.17, 15) is 9.59 Å². The summed E-state index contributed by atoms with van der Waals surface area (Å²) in [5.41, 5.74) is 6.96. The fourth-order valence-corrected chi connectivity index (χ4v) is 1.63. The SMILES string of the molecule is COC(CN)C(=O)N(CC(=O)O)c1ccc(C)cc1. The van der Waals surface area contributed by atoms with Crippen molar-refractivity contribution in [2.24, 2.45) is 5.73 Å². The smallest absolute Gasteiger partial charge is 0.323 e. The Hall–Kier alpha value is -1.92. The number of carbonyl (C=O) groups is 2. The minimum atomic E-state index is -1.10. The molecule has 0 aromatic heterocycles. The first-order chi connectivity index (χ1) is 8.99. The van der Waals surface area contributed by atoms with Gasteiger partial charge in [0.1, 0.15) is 12.6 Å². The molecule has 1 unspecified atom stereocenters. The summed E-state index contributed by atoms with van der Waals surface area (Å²) < 4.78 is 4.96. The molecule has 0 fully saturated rings. The van der Waals surface area contributed by atoms with E-state index in [0.29, 0.717) is 5.69 Å². The zero-order valence-electron chi connectivity index (χ0n) is 11.0. The highest BCUT2D eigenvalue weighted by atomic mass is 16.5. The number of nitrogens with two attached hydrogens (primary N) is 1. The maximum atomic E-state index is 12.2. The van der Waals surface area contributed by atoms with E-state index in [4.69, 9.17) is 15.6 Å². The predicted octanol–water partition coefficient (Wildman–Crippen LogP) is 0.386. The standard InChI is InChI=1S/C13H18N2O4/c1-9-3-5-10(6-4-9)15(8-12(16)17)13(18)11(7-14)19-2/h3-6,11H,7-8,14H2,1-2H3,(H,16,17). The average molecular weight is 266 g/mol. The Labute approximate surface area is 111 Å². The van der Waals surface area contributed by atoms with Crippen molar-refractivity contribution in [1.82, 2.24) is 0 Å². The van der Waals surface area contributed by atoms with E-state index < -0.39 is 24.5 Å². The maximum Gasteiger partial charge on any atom is 0.323 e. The summed E-state index contributed by atoms with van der Waals surface area (Å²) in [6, 6.07) is 7.00. The summed E-state index contributed by atoms with van der Waals surface area (Å²) >= 11 is 0. The second-order valence-corrected chi connectivity index (χ2v) is 4.11. The van der Waals surface area contributed by atoms with Crippen molar-refractivity contribution < 1.29 is 19.4 Å². The third-order valence-electron chi connectivity index (χ3n) is 2.68. The zero-order chi connectivity index (χ0) is 14.4. The van der Waals surface area contributed by atoms with Gasteiger partial charge in [0.15, 0.2) is 0 Å². The van der Waals surface area contributed by atoms with Crippen LogP contribution in [0.5, 0.6) is 0 Å². The van der Waals surface area contributed by atoms with Gasteiger partial charge in [-0.1, -0.05) is 17.7 Å². The molecule has 1 atom stereocenters. The number of aryl methyl sites for hydroxylation is 1. The molecule has 1 aromatic carbocycles. The molecule has 0 aliphatic carbocycles. The van der Waals surface area contributed by atoms with Crippen LogP contribution in [-0.4, -0.2) is 43.3 Å². The third-order valence-corrected chi connectivity index (χ3v) is 2.68. The lowest BCUT2D eigenvalue weighted by molar-refractivity contribution is -0.138. The van der Waals surface area contributed by atoms with Gasteiger partial charge in [-0.05, 0) is 19.1 Å². The normalized spacial score (nSPS) is 11.9. The van der Waals surface area contributed by atoms with Crippen molar-refractivity contribution in [2.45, 2.75) is 13.0 Å². The maximum absolute atomic E-state index is 12.2. The van der Waals surface area contributed by atoms with Crippen LogP contribution in [0.25, 0.3) is 0 Å². The van der Waals surface area contributed by atoms with Crippen LogP contribution in [0, 0.1) is 6.92 Å². The number of carboxylic acids is 1. The van der Waals surface area contributed by atoms with E-state index in [0.717, 1.165) is 10.5 Å². The van der Waals surface area contributed by atoms with Crippen LogP contribution in [0.1, 0.15) is 5.56 Å². The van der Waals surface area contributed by atoms with Gasteiger partial charge >= 0.3 is 5.97 Å². The van der Waals surface area contributed by atoms with E-state index in [1.54, 1.807) is 12.1 Å². The summed E-state index contributed by atoms with van der Waals surface area (Å²) in [6.07, 6.45) is -0.847. The van der Waals surface area contributed by atoms with Crippen LogP contribution < -0.4 is 10.6 Å². The lowest BCUT2D eigenvalue weighted by atomic mass is 10.2. The van der Waals surface area contributed by atoms with E-state index in [1.165, 1.54) is 7.11 Å². The van der Waals surface area contributed by atoms with Crippen molar-refractivity contribution >= 4 is 17.6 Å². The Morgan fingerprint density at radius 2 is 1.95 bits per heavy atom. The first-order valence-corrected chi connectivity index (χ1v) is 5.82. The van der Waals surface area contributed by atoms with Gasteiger partial charge in [0.25, 0.3) is 5.91 Å². The molecule has 0 saturated carbocycles. The van der Waals surface area contributed by atoms with E-state index in [1.807, 2.05) is 19.1 Å². The molecule has 0 heterocycles. The number of hydrogen-bond donors (Lipinski definition) is 2. The van der Waals surface area contributed by atoms with Crippen molar-refractivity contribution in [3.05, 3.63) is 29.8 Å². The molecule has 1 amide bonds. The minimum absolute atomic E-state index is 0.00266. The van der Waals surface area contributed by atoms with Gasteiger partial charge in [-0.25, -0.2) is 0 Å². The highest BCUT2D eigenvalue weighted by Crippen LogP contribution is 2.16. The predicted molar refractivity (Wildman–Crippen MR) is 71.0 cm³/mol. The number of rotatable bonds is 6. The van der Waals surface area contributed by atoms with Crippen LogP contribution in [0.4, 0.5) is 5.69 Å². The topological polar surface area (TPSA) is 92.9 Å². The second-order valence-electron chi connectivity index (χ2n) is 4.11. The number of aliphatic carboxylic acids is 1. The summed E-state index contributed by atoms with van der Waals surface area (Å²) in [5, 5.41) is 8.91. The fraction of sp³-hybridized carbons (Fsp3) is 0.385. The molecule has 0 aliphatic rings. The molecule has 3 N–H and O–H groups in total. The van der Waals surface area contributed by atoms with Crippen LogP contribution in [0.3, 0.4) is 0 Å². The Balaban J connectivity index is 3.03. The Kier molecular flexibility index (Phi) is 5.47.